The Kier molecular flexibility index (Phi) is 4.44. The van der Waals surface area contributed by atoms with Crippen LogP contribution in [0.25, 0.3) is 0 Å². The lowest BCUT2D eigenvalue weighted by Gasteiger charge is -2.10. The maximum Gasteiger partial charge on any atom is 0.182 e. The summed E-state index contributed by atoms with van der Waals surface area (Å²) in [4.78, 5) is 0.250. The number of halogens is 1. The fourth-order valence-corrected chi connectivity index (χ4v) is 3.90. The highest BCUT2D eigenvalue weighted by Crippen LogP contribution is 2.23. The highest BCUT2D eigenvalue weighted by atomic mass is 32.2. The summed E-state index contributed by atoms with van der Waals surface area (Å²) >= 11 is 0. The van der Waals surface area contributed by atoms with Gasteiger partial charge in [-0.05, 0) is 42.7 Å². The maximum absolute atomic E-state index is 13.8. The van der Waals surface area contributed by atoms with Crippen LogP contribution in [-0.4, -0.2) is 8.42 Å². The van der Waals surface area contributed by atoms with Crippen molar-refractivity contribution < 1.29 is 12.8 Å². The standard InChI is InChI=1S/C16H18FNO2S/c1-11-3-4-12(2)16(7-11)21(19,20)10-14-8-13(9-18)5-6-15(14)17/h3-8H,9-10,18H2,1-2H3. The molecule has 0 fully saturated rings. The molecule has 112 valence electrons. The minimum Gasteiger partial charge on any atom is -0.326 e. The molecule has 0 spiro atoms. The van der Waals surface area contributed by atoms with Gasteiger partial charge in [0.05, 0.1) is 10.6 Å². The van der Waals surface area contributed by atoms with Crippen LogP contribution in [0.4, 0.5) is 4.39 Å². The van der Waals surface area contributed by atoms with Crippen LogP contribution in [0, 0.1) is 19.7 Å². The summed E-state index contributed by atoms with van der Waals surface area (Å²) in [6, 6.07) is 9.56. The van der Waals surface area contributed by atoms with Crippen molar-refractivity contribution in [3.05, 3.63) is 64.5 Å². The Balaban J connectivity index is 2.44. The average Bonchev–Trinajstić information content (AvgIpc) is 2.43. The smallest absolute Gasteiger partial charge is 0.182 e. The van der Waals surface area contributed by atoms with E-state index in [0.717, 1.165) is 5.56 Å². The van der Waals surface area contributed by atoms with Gasteiger partial charge in [-0.15, -0.1) is 0 Å². The van der Waals surface area contributed by atoms with Crippen molar-refractivity contribution in [2.24, 2.45) is 5.73 Å². The van der Waals surface area contributed by atoms with Crippen molar-refractivity contribution >= 4 is 9.84 Å². The number of hydrogen-bond acceptors (Lipinski definition) is 3. The predicted molar refractivity (Wildman–Crippen MR) is 81.1 cm³/mol. The molecule has 5 heteroatoms. The van der Waals surface area contributed by atoms with Crippen molar-refractivity contribution in [3.63, 3.8) is 0 Å². The molecule has 0 heterocycles. The van der Waals surface area contributed by atoms with Crippen LogP contribution in [-0.2, 0) is 22.1 Å². The Labute approximate surface area is 124 Å². The van der Waals surface area contributed by atoms with E-state index in [0.29, 0.717) is 11.1 Å². The van der Waals surface area contributed by atoms with Gasteiger partial charge >= 0.3 is 0 Å². The van der Waals surface area contributed by atoms with E-state index in [-0.39, 0.29) is 22.8 Å². The molecule has 0 aliphatic rings. The third-order valence-corrected chi connectivity index (χ3v) is 5.17. The summed E-state index contributed by atoms with van der Waals surface area (Å²) < 4.78 is 38.9. The first-order chi connectivity index (χ1) is 9.83. The van der Waals surface area contributed by atoms with Crippen molar-refractivity contribution in [1.82, 2.24) is 0 Å². The first-order valence-electron chi connectivity index (χ1n) is 6.61. The fraction of sp³-hybridized carbons (Fsp3) is 0.250. The summed E-state index contributed by atoms with van der Waals surface area (Å²) in [6.45, 7) is 3.81. The van der Waals surface area contributed by atoms with Crippen molar-refractivity contribution in [2.45, 2.75) is 31.0 Å². The number of rotatable bonds is 4. The molecule has 0 aliphatic heterocycles. The van der Waals surface area contributed by atoms with Gasteiger partial charge in [-0.25, -0.2) is 12.8 Å². The first kappa shape index (κ1) is 15.7. The van der Waals surface area contributed by atoms with Gasteiger partial charge in [0.25, 0.3) is 0 Å². The van der Waals surface area contributed by atoms with Crippen LogP contribution < -0.4 is 5.73 Å². The zero-order chi connectivity index (χ0) is 15.6. The Bertz CT molecular complexity index is 770. The summed E-state index contributed by atoms with van der Waals surface area (Å²) in [7, 11) is -3.59. The Morgan fingerprint density at radius 3 is 2.48 bits per heavy atom. The lowest BCUT2D eigenvalue weighted by Crippen LogP contribution is -2.09. The molecule has 2 aromatic carbocycles. The van der Waals surface area contributed by atoms with E-state index in [9.17, 15) is 12.8 Å². The van der Waals surface area contributed by atoms with Crippen molar-refractivity contribution in [3.8, 4) is 0 Å². The minimum absolute atomic E-state index is 0.152. The van der Waals surface area contributed by atoms with Gasteiger partial charge in [0, 0.05) is 12.1 Å². The summed E-state index contributed by atoms with van der Waals surface area (Å²) in [5, 5.41) is 0. The molecular weight excluding hydrogens is 289 g/mol. The molecule has 0 atom stereocenters. The predicted octanol–water partition coefficient (Wildman–Crippen LogP) is 2.88. The minimum atomic E-state index is -3.59. The zero-order valence-corrected chi connectivity index (χ0v) is 12.9. The van der Waals surface area contributed by atoms with Crippen molar-refractivity contribution in [1.29, 1.82) is 0 Å². The average molecular weight is 307 g/mol. The van der Waals surface area contributed by atoms with Crippen LogP contribution in [0.5, 0.6) is 0 Å². The molecule has 3 nitrogen and oxygen atoms in total. The molecule has 21 heavy (non-hydrogen) atoms. The number of hydrogen-bond donors (Lipinski definition) is 1. The van der Waals surface area contributed by atoms with E-state index in [1.165, 1.54) is 12.1 Å². The summed E-state index contributed by atoms with van der Waals surface area (Å²) in [5.74, 6) is -0.891. The third-order valence-electron chi connectivity index (χ3n) is 3.37. The van der Waals surface area contributed by atoms with Crippen molar-refractivity contribution in [2.75, 3.05) is 0 Å². The van der Waals surface area contributed by atoms with Gasteiger partial charge in [0.1, 0.15) is 5.82 Å². The van der Waals surface area contributed by atoms with Crippen LogP contribution in [0.1, 0.15) is 22.3 Å². The third kappa shape index (κ3) is 3.49. The molecule has 2 rings (SSSR count). The number of sulfone groups is 1. The molecule has 0 radical (unpaired) electrons. The largest absolute Gasteiger partial charge is 0.326 e. The van der Waals surface area contributed by atoms with E-state index in [1.54, 1.807) is 25.1 Å². The highest BCUT2D eigenvalue weighted by molar-refractivity contribution is 7.90. The first-order valence-corrected chi connectivity index (χ1v) is 8.26. The molecule has 2 aromatic rings. The van der Waals surface area contributed by atoms with E-state index in [1.807, 2.05) is 13.0 Å². The van der Waals surface area contributed by atoms with E-state index in [4.69, 9.17) is 5.73 Å². The van der Waals surface area contributed by atoms with Crippen LogP contribution in [0.3, 0.4) is 0 Å². The van der Waals surface area contributed by atoms with Gasteiger partial charge in [0.2, 0.25) is 0 Å². The number of nitrogens with two attached hydrogens (primary N) is 1. The number of benzene rings is 2. The zero-order valence-electron chi connectivity index (χ0n) is 12.1. The van der Waals surface area contributed by atoms with Gasteiger partial charge in [-0.2, -0.15) is 0 Å². The van der Waals surface area contributed by atoms with Gasteiger partial charge < -0.3 is 5.73 Å². The van der Waals surface area contributed by atoms with Gasteiger partial charge in [0.15, 0.2) is 9.84 Å². The van der Waals surface area contributed by atoms with Gasteiger partial charge in [-0.3, -0.25) is 0 Å². The van der Waals surface area contributed by atoms with E-state index < -0.39 is 15.7 Å². The molecule has 0 unspecified atom stereocenters. The Morgan fingerprint density at radius 2 is 1.81 bits per heavy atom. The molecule has 0 saturated carbocycles. The van der Waals surface area contributed by atoms with E-state index in [2.05, 4.69) is 0 Å². The van der Waals surface area contributed by atoms with Crippen LogP contribution in [0.2, 0.25) is 0 Å². The lowest BCUT2D eigenvalue weighted by molar-refractivity contribution is 0.586. The molecule has 0 aromatic heterocycles. The maximum atomic E-state index is 13.8. The molecule has 0 saturated heterocycles. The van der Waals surface area contributed by atoms with Gasteiger partial charge in [-0.1, -0.05) is 24.3 Å². The second-order valence-electron chi connectivity index (χ2n) is 5.16. The quantitative estimate of drug-likeness (QED) is 0.945. The molecule has 0 bridgehead atoms. The van der Waals surface area contributed by atoms with Crippen LogP contribution in [0.15, 0.2) is 41.3 Å². The van der Waals surface area contributed by atoms with E-state index >= 15 is 0 Å². The second-order valence-corrected chi connectivity index (χ2v) is 7.12. The Hall–Kier alpha value is -1.72. The fourth-order valence-electron chi connectivity index (χ4n) is 2.19. The second kappa shape index (κ2) is 5.95. The number of aryl methyl sites for hydroxylation is 2. The lowest BCUT2D eigenvalue weighted by atomic mass is 10.1. The molecule has 0 amide bonds. The van der Waals surface area contributed by atoms with Crippen LogP contribution >= 0.6 is 0 Å². The topological polar surface area (TPSA) is 60.2 Å². The summed E-state index contributed by atoms with van der Waals surface area (Å²) in [6.07, 6.45) is 0. The SMILES string of the molecule is Cc1ccc(C)c(S(=O)(=O)Cc2cc(CN)ccc2F)c1. The highest BCUT2D eigenvalue weighted by Gasteiger charge is 2.20. The molecule has 0 aliphatic carbocycles. The summed E-state index contributed by atoms with van der Waals surface area (Å²) in [5.41, 5.74) is 7.90. The molecular formula is C16H18FNO2S. The monoisotopic (exact) mass is 307 g/mol. The Morgan fingerprint density at radius 1 is 1.10 bits per heavy atom. The molecule has 2 N–H and O–H groups in total. The normalized spacial score (nSPS) is 11.6.